The van der Waals surface area contributed by atoms with Crippen LogP contribution in [0, 0.1) is 11.8 Å². The third kappa shape index (κ3) is 2.85. The zero-order valence-electron chi connectivity index (χ0n) is 8.55. The largest absolute Gasteiger partial charge is 0.298 e. The normalized spacial score (nSPS) is 21.2. The summed E-state index contributed by atoms with van der Waals surface area (Å²) in [5, 5.41) is 0. The van der Waals surface area contributed by atoms with Gasteiger partial charge in [0.25, 0.3) is 0 Å². The number of Topliss-reactive ketones (excluding diaryl/α,β-unsaturated/α-hetero) is 1. The van der Waals surface area contributed by atoms with Crippen molar-refractivity contribution in [2.24, 2.45) is 4.99 Å². The molecule has 0 saturated carbocycles. The van der Waals surface area contributed by atoms with E-state index < -0.39 is 0 Å². The molecule has 1 atom stereocenters. The highest BCUT2D eigenvalue weighted by molar-refractivity contribution is 6.08. The first-order chi connectivity index (χ1) is 6.77. The molecule has 0 amide bonds. The second-order valence-corrected chi connectivity index (χ2v) is 3.39. The van der Waals surface area contributed by atoms with Crippen LogP contribution < -0.4 is 0 Å². The summed E-state index contributed by atoms with van der Waals surface area (Å²) in [5.74, 6) is 5.18. The van der Waals surface area contributed by atoms with E-state index in [0.29, 0.717) is 6.04 Å². The summed E-state index contributed by atoms with van der Waals surface area (Å²) < 4.78 is 0. The van der Waals surface area contributed by atoms with E-state index in [1.165, 1.54) is 0 Å². The number of carbonyl (C=O) groups is 1. The van der Waals surface area contributed by atoms with Crippen molar-refractivity contribution in [3.05, 3.63) is 11.6 Å². The van der Waals surface area contributed by atoms with Crippen molar-refractivity contribution in [3.63, 3.8) is 0 Å². The lowest BCUT2D eigenvalue weighted by Gasteiger charge is -2.05. The maximum atomic E-state index is 11.5. The van der Waals surface area contributed by atoms with Crippen molar-refractivity contribution in [1.82, 2.24) is 0 Å². The first-order valence-electron chi connectivity index (χ1n) is 4.90. The summed E-state index contributed by atoms with van der Waals surface area (Å²) in [4.78, 5) is 15.5. The van der Waals surface area contributed by atoms with Crippen molar-refractivity contribution in [1.29, 1.82) is 0 Å². The molecule has 2 nitrogen and oxygen atoms in total. The zero-order valence-corrected chi connectivity index (χ0v) is 8.55. The Morgan fingerprint density at radius 2 is 2.43 bits per heavy atom. The van der Waals surface area contributed by atoms with Crippen molar-refractivity contribution in [2.45, 2.75) is 38.6 Å². The number of hydrogen-bond donors (Lipinski definition) is 0. The van der Waals surface area contributed by atoms with Crippen LogP contribution in [0.1, 0.15) is 32.6 Å². The minimum Gasteiger partial charge on any atom is -0.298 e. The van der Waals surface area contributed by atoms with Gasteiger partial charge in [-0.05, 0) is 45.2 Å². The third-order valence-corrected chi connectivity index (χ3v) is 2.43. The van der Waals surface area contributed by atoms with Crippen molar-refractivity contribution in [2.75, 3.05) is 0 Å². The zero-order chi connectivity index (χ0) is 10.4. The summed E-state index contributed by atoms with van der Waals surface area (Å²) in [7, 11) is 0. The Bertz CT molecular complexity index is 317. The molecular formula is C12H15NO. The van der Waals surface area contributed by atoms with Gasteiger partial charge in [0.05, 0.1) is 0 Å². The average molecular weight is 189 g/mol. The van der Waals surface area contributed by atoms with E-state index in [1.54, 1.807) is 6.92 Å². The predicted molar refractivity (Wildman–Crippen MR) is 58.3 cm³/mol. The fourth-order valence-corrected chi connectivity index (χ4v) is 1.60. The number of ketones is 1. The van der Waals surface area contributed by atoms with Crippen LogP contribution >= 0.6 is 0 Å². The summed E-state index contributed by atoms with van der Waals surface area (Å²) in [6.07, 6.45) is 5.62. The van der Waals surface area contributed by atoms with E-state index in [-0.39, 0.29) is 5.78 Å². The molecular weight excluding hydrogens is 174 g/mol. The molecule has 0 radical (unpaired) electrons. The van der Waals surface area contributed by atoms with Crippen LogP contribution in [0.2, 0.25) is 0 Å². The summed E-state index contributed by atoms with van der Waals surface area (Å²) >= 11 is 0. The first-order valence-corrected chi connectivity index (χ1v) is 4.90. The molecule has 2 heteroatoms. The fraction of sp³-hybridized carbons (Fsp3) is 0.500. The Labute approximate surface area is 85.1 Å². The lowest BCUT2D eigenvalue weighted by molar-refractivity contribution is -0.110. The van der Waals surface area contributed by atoms with Crippen LogP contribution in [-0.4, -0.2) is 18.5 Å². The number of rotatable bonds is 2. The monoisotopic (exact) mass is 189 g/mol. The summed E-state index contributed by atoms with van der Waals surface area (Å²) in [6, 6.07) is 0.311. The highest BCUT2D eigenvalue weighted by atomic mass is 16.1. The Hall–Kier alpha value is -1.36. The van der Waals surface area contributed by atoms with Gasteiger partial charge in [0.2, 0.25) is 5.78 Å². The fourth-order valence-electron chi connectivity index (χ4n) is 1.60. The Balaban J connectivity index is 2.63. The number of allylic oxidation sites excluding steroid dienone is 2. The molecule has 0 fully saturated rings. The van der Waals surface area contributed by atoms with Gasteiger partial charge in [-0.25, -0.2) is 0 Å². The topological polar surface area (TPSA) is 29.4 Å². The standard InChI is InChI=1S/C12H15NO/c1-3-5-12(14)10-6-4-7-11(13-2)9-8-10/h6,11H,2,4,7-9H2,1H3. The van der Waals surface area contributed by atoms with E-state index in [0.717, 1.165) is 31.3 Å². The van der Waals surface area contributed by atoms with Gasteiger partial charge in [-0.15, -0.1) is 0 Å². The molecule has 1 unspecified atom stereocenters. The van der Waals surface area contributed by atoms with Gasteiger partial charge >= 0.3 is 0 Å². The van der Waals surface area contributed by atoms with Crippen LogP contribution in [0.25, 0.3) is 0 Å². The minimum absolute atomic E-state index is 0.0304. The molecule has 1 aliphatic carbocycles. The van der Waals surface area contributed by atoms with Gasteiger partial charge in [0.1, 0.15) is 0 Å². The molecule has 1 aliphatic rings. The van der Waals surface area contributed by atoms with Gasteiger partial charge in [0.15, 0.2) is 0 Å². The van der Waals surface area contributed by atoms with E-state index in [4.69, 9.17) is 0 Å². The second kappa shape index (κ2) is 5.39. The SMILES string of the molecule is C=NC1CCC=C(C(=O)C#CC)CC1. The highest BCUT2D eigenvalue weighted by Gasteiger charge is 2.14. The van der Waals surface area contributed by atoms with Crippen LogP contribution in [0.3, 0.4) is 0 Å². The molecule has 0 N–H and O–H groups in total. The molecule has 0 aromatic rings. The second-order valence-electron chi connectivity index (χ2n) is 3.39. The number of aliphatic imine (C=N–C) groups is 1. The Kier molecular flexibility index (Phi) is 4.12. The van der Waals surface area contributed by atoms with Crippen LogP contribution in [0.15, 0.2) is 16.6 Å². The molecule has 0 aliphatic heterocycles. The third-order valence-electron chi connectivity index (χ3n) is 2.43. The van der Waals surface area contributed by atoms with Crippen molar-refractivity contribution in [3.8, 4) is 11.8 Å². The Morgan fingerprint density at radius 1 is 1.64 bits per heavy atom. The smallest absolute Gasteiger partial charge is 0.231 e. The molecule has 1 rings (SSSR count). The van der Waals surface area contributed by atoms with Gasteiger partial charge in [-0.2, -0.15) is 0 Å². The summed E-state index contributed by atoms with van der Waals surface area (Å²) in [5.41, 5.74) is 0.852. The number of nitrogens with zero attached hydrogens (tertiary/aromatic N) is 1. The number of hydrogen-bond acceptors (Lipinski definition) is 2. The van der Waals surface area contributed by atoms with Crippen molar-refractivity contribution >= 4 is 12.5 Å². The average Bonchev–Trinajstić information content (AvgIpc) is 2.42. The quantitative estimate of drug-likeness (QED) is 0.372. The van der Waals surface area contributed by atoms with Gasteiger partial charge < -0.3 is 0 Å². The van der Waals surface area contributed by atoms with Crippen molar-refractivity contribution < 1.29 is 4.79 Å². The van der Waals surface area contributed by atoms with Gasteiger partial charge in [0, 0.05) is 11.6 Å². The van der Waals surface area contributed by atoms with E-state index >= 15 is 0 Å². The summed E-state index contributed by atoms with van der Waals surface area (Å²) in [6.45, 7) is 5.23. The number of carbonyl (C=O) groups excluding carboxylic acids is 1. The molecule has 0 aromatic heterocycles. The predicted octanol–water partition coefficient (Wildman–Crippen LogP) is 2.15. The lowest BCUT2D eigenvalue weighted by atomic mass is 10.1. The van der Waals surface area contributed by atoms with Gasteiger partial charge in [-0.1, -0.05) is 12.0 Å². The maximum Gasteiger partial charge on any atom is 0.231 e. The molecule has 0 heterocycles. The molecule has 74 valence electrons. The lowest BCUT2D eigenvalue weighted by Crippen LogP contribution is -2.03. The highest BCUT2D eigenvalue weighted by Crippen LogP contribution is 2.20. The molecule has 0 aromatic carbocycles. The van der Waals surface area contributed by atoms with Crippen LogP contribution in [-0.2, 0) is 4.79 Å². The van der Waals surface area contributed by atoms with E-state index in [1.807, 2.05) is 6.08 Å². The molecule has 14 heavy (non-hydrogen) atoms. The van der Waals surface area contributed by atoms with Crippen LogP contribution in [0.4, 0.5) is 0 Å². The molecule has 0 bridgehead atoms. The maximum absolute atomic E-state index is 11.5. The van der Waals surface area contributed by atoms with Gasteiger partial charge in [-0.3, -0.25) is 9.79 Å². The van der Waals surface area contributed by atoms with Crippen LogP contribution in [0.5, 0.6) is 0 Å². The van der Waals surface area contributed by atoms with E-state index in [2.05, 4.69) is 23.6 Å². The van der Waals surface area contributed by atoms with E-state index in [9.17, 15) is 4.79 Å². The Morgan fingerprint density at radius 3 is 3.07 bits per heavy atom. The molecule has 0 saturated heterocycles. The first kappa shape index (κ1) is 10.7. The minimum atomic E-state index is -0.0304. The molecule has 0 spiro atoms.